The number of ether oxygens (including phenoxy) is 1. The molecule has 13 nitrogen and oxygen atoms in total. The predicted octanol–water partition coefficient (Wildman–Crippen LogP) is 8.17. The van der Waals surface area contributed by atoms with Gasteiger partial charge in [-0.1, -0.05) is 36.7 Å². The highest BCUT2D eigenvalue weighted by Crippen LogP contribution is 2.32. The third kappa shape index (κ3) is 11.0. The molecule has 0 bridgehead atoms. The molecule has 0 radical (unpaired) electrons. The van der Waals surface area contributed by atoms with E-state index in [4.69, 9.17) is 21.3 Å². The highest BCUT2D eigenvalue weighted by molar-refractivity contribution is 9.10. The van der Waals surface area contributed by atoms with Crippen LogP contribution in [-0.2, 0) is 26.5 Å². The lowest BCUT2D eigenvalue weighted by Gasteiger charge is -2.33. The van der Waals surface area contributed by atoms with Gasteiger partial charge >= 0.3 is 0 Å². The van der Waals surface area contributed by atoms with Crippen molar-refractivity contribution in [3.63, 3.8) is 0 Å². The first-order valence-electron chi connectivity index (χ1n) is 18.9. The second-order valence-corrected chi connectivity index (χ2v) is 21.6. The van der Waals surface area contributed by atoms with E-state index in [1.807, 2.05) is 17.5 Å². The summed E-state index contributed by atoms with van der Waals surface area (Å²) >= 11 is 15.3. The summed E-state index contributed by atoms with van der Waals surface area (Å²) in [4.78, 5) is 22.2. The first-order valence-corrected chi connectivity index (χ1v) is 25.5. The molecule has 6 heterocycles. The number of nitrogens with zero attached hydrogens (tertiary/aromatic N) is 8. The maximum absolute atomic E-state index is 13.6. The standard InChI is InChI=1S/C21H23BrN4O3S2.C19H17BrClFN4O2S2/c1-15(16-3-5-17(29-2)6-4-16)19-14-30-21(24-19)25-9-11-26(12-10-25)31(27,28)18-7-8-20(22)23-13-18;20-18-4-2-15(11-23-18)30(27,28)26-7-5-25(6-8-26)19-24-14(12-29-19)9-13-1-3-16(21)17(22)10-13/h3-8,13-15H,9-12H2,1-2H3;1-4,10-12H,5-9H2. The number of pyridine rings is 2. The van der Waals surface area contributed by atoms with Gasteiger partial charge in [0, 0.05) is 87.9 Å². The van der Waals surface area contributed by atoms with Gasteiger partial charge < -0.3 is 14.5 Å². The molecule has 2 aromatic carbocycles. The number of anilines is 2. The average Bonchev–Trinajstić information content (AvgIpc) is 3.96. The lowest BCUT2D eigenvalue weighted by atomic mass is 9.99. The number of benzene rings is 2. The molecule has 61 heavy (non-hydrogen) atoms. The fourth-order valence-corrected chi connectivity index (χ4v) is 11.8. The minimum absolute atomic E-state index is 0.101. The minimum atomic E-state index is -3.57. The largest absolute Gasteiger partial charge is 0.497 e. The van der Waals surface area contributed by atoms with Gasteiger partial charge in [0.1, 0.15) is 30.6 Å². The van der Waals surface area contributed by atoms with E-state index < -0.39 is 25.9 Å². The number of rotatable bonds is 11. The first-order chi connectivity index (χ1) is 29.2. The lowest BCUT2D eigenvalue weighted by Crippen LogP contribution is -2.48. The van der Waals surface area contributed by atoms with Crippen LogP contribution in [0.1, 0.15) is 35.4 Å². The van der Waals surface area contributed by atoms with Crippen molar-refractivity contribution in [1.82, 2.24) is 28.5 Å². The summed E-state index contributed by atoms with van der Waals surface area (Å²) in [7, 11) is -5.45. The summed E-state index contributed by atoms with van der Waals surface area (Å²) in [6.45, 7) is 6.02. The third-order valence-electron chi connectivity index (χ3n) is 10.2. The molecule has 0 N–H and O–H groups in total. The van der Waals surface area contributed by atoms with E-state index in [9.17, 15) is 21.2 Å². The van der Waals surface area contributed by atoms with Gasteiger partial charge in [-0.15, -0.1) is 22.7 Å². The van der Waals surface area contributed by atoms with Crippen LogP contribution >= 0.6 is 66.1 Å². The van der Waals surface area contributed by atoms with E-state index in [0.29, 0.717) is 68.0 Å². The van der Waals surface area contributed by atoms with E-state index in [-0.39, 0.29) is 20.7 Å². The normalized spacial score (nSPS) is 15.9. The van der Waals surface area contributed by atoms with Gasteiger partial charge in [-0.05, 0) is 91.5 Å². The van der Waals surface area contributed by atoms with Gasteiger partial charge in [0.15, 0.2) is 10.3 Å². The van der Waals surface area contributed by atoms with E-state index in [1.54, 1.807) is 54.8 Å². The molecule has 1 unspecified atom stereocenters. The topological polar surface area (TPSA) is 142 Å². The molecule has 0 spiro atoms. The van der Waals surface area contributed by atoms with Crippen LogP contribution in [0.4, 0.5) is 14.7 Å². The van der Waals surface area contributed by atoms with Crippen molar-refractivity contribution in [3.8, 4) is 5.75 Å². The maximum Gasteiger partial charge on any atom is 0.244 e. The summed E-state index contributed by atoms with van der Waals surface area (Å²) in [5.41, 5.74) is 3.83. The van der Waals surface area contributed by atoms with E-state index in [1.165, 1.54) is 44.0 Å². The Morgan fingerprint density at radius 1 is 0.738 bits per heavy atom. The highest BCUT2D eigenvalue weighted by Gasteiger charge is 2.31. The fraction of sp³-hybridized carbons (Fsp3) is 0.300. The predicted molar refractivity (Wildman–Crippen MR) is 245 cm³/mol. The molecule has 0 saturated carbocycles. The van der Waals surface area contributed by atoms with E-state index in [0.717, 1.165) is 33.0 Å². The van der Waals surface area contributed by atoms with Crippen molar-refractivity contribution in [3.05, 3.63) is 132 Å². The van der Waals surface area contributed by atoms with Crippen LogP contribution in [0.25, 0.3) is 0 Å². The number of methoxy groups -OCH3 is 1. The number of aromatic nitrogens is 4. The van der Waals surface area contributed by atoms with Gasteiger partial charge in [0.25, 0.3) is 0 Å². The molecule has 21 heteroatoms. The molecule has 322 valence electrons. The van der Waals surface area contributed by atoms with Crippen molar-refractivity contribution in [1.29, 1.82) is 0 Å². The van der Waals surface area contributed by atoms with Gasteiger partial charge in [-0.2, -0.15) is 8.61 Å². The zero-order valence-corrected chi connectivity index (χ0v) is 40.1. The van der Waals surface area contributed by atoms with Crippen LogP contribution in [0.15, 0.2) is 109 Å². The zero-order chi connectivity index (χ0) is 43.3. The molecular formula is C40H40Br2ClFN8O5S4. The molecule has 2 aliphatic heterocycles. The Morgan fingerprint density at radius 3 is 1.75 bits per heavy atom. The third-order valence-corrected chi connectivity index (χ3v) is 17.1. The molecule has 2 fully saturated rings. The van der Waals surface area contributed by atoms with Crippen molar-refractivity contribution >= 4 is 96.4 Å². The highest BCUT2D eigenvalue weighted by atomic mass is 79.9. The molecule has 0 amide bonds. The molecular weight excluding hydrogens is 1020 g/mol. The molecule has 8 rings (SSSR count). The Morgan fingerprint density at radius 2 is 1.26 bits per heavy atom. The van der Waals surface area contributed by atoms with Crippen LogP contribution in [0, 0.1) is 5.82 Å². The van der Waals surface area contributed by atoms with Gasteiger partial charge in [-0.3, -0.25) is 0 Å². The maximum atomic E-state index is 13.6. The average molecular weight is 1060 g/mol. The van der Waals surface area contributed by atoms with E-state index >= 15 is 0 Å². The molecule has 1 atom stereocenters. The Bertz CT molecular complexity index is 2640. The molecule has 2 saturated heterocycles. The minimum Gasteiger partial charge on any atom is -0.497 e. The Labute approximate surface area is 384 Å². The molecule has 2 aliphatic rings. The Kier molecular flexibility index (Phi) is 14.8. The first kappa shape index (κ1) is 45.4. The van der Waals surface area contributed by atoms with Crippen LogP contribution < -0.4 is 14.5 Å². The lowest BCUT2D eigenvalue weighted by molar-refractivity contribution is 0.384. The SMILES string of the molecule is COc1ccc(C(C)c2csc(N3CCN(S(=O)(=O)c4ccc(Br)nc4)CC3)n2)cc1.O=S(=O)(c1ccc(Br)nc1)N1CCN(c2nc(Cc3ccc(Cl)c(F)c3)cs2)CC1. The number of halogens is 4. The van der Waals surface area contributed by atoms with Gasteiger partial charge in [-0.25, -0.2) is 41.2 Å². The molecule has 6 aromatic rings. The fourth-order valence-electron chi connectivity index (χ4n) is 6.63. The van der Waals surface area contributed by atoms with Gasteiger partial charge in [0.2, 0.25) is 20.0 Å². The second-order valence-electron chi connectivity index (χ2n) is 14.0. The smallest absolute Gasteiger partial charge is 0.244 e. The summed E-state index contributed by atoms with van der Waals surface area (Å²) in [5, 5.41) is 5.89. The van der Waals surface area contributed by atoms with Crippen LogP contribution in [0.3, 0.4) is 0 Å². The summed E-state index contributed by atoms with van der Waals surface area (Å²) in [6, 6.07) is 19.2. The Hall–Kier alpha value is -3.60. The van der Waals surface area contributed by atoms with Gasteiger partial charge in [0.05, 0.1) is 23.5 Å². The van der Waals surface area contributed by atoms with Crippen LogP contribution in [-0.4, -0.2) is 105 Å². The quantitative estimate of drug-likeness (QED) is 0.116. The van der Waals surface area contributed by atoms with Crippen LogP contribution in [0.5, 0.6) is 5.75 Å². The number of sulfonamides is 2. The van der Waals surface area contributed by atoms with Crippen molar-refractivity contribution in [2.24, 2.45) is 0 Å². The number of hydrogen-bond donors (Lipinski definition) is 0. The Balaban J connectivity index is 0.000000184. The molecule has 4 aromatic heterocycles. The zero-order valence-electron chi connectivity index (χ0n) is 32.9. The van der Waals surface area contributed by atoms with Crippen LogP contribution in [0.2, 0.25) is 5.02 Å². The monoisotopic (exact) mass is 1050 g/mol. The summed E-state index contributed by atoms with van der Waals surface area (Å²) in [5.74, 6) is 0.562. The summed E-state index contributed by atoms with van der Waals surface area (Å²) < 4.78 is 74.4. The number of piperazine rings is 2. The molecule has 0 aliphatic carbocycles. The number of thiazole rings is 2. The number of hydrogen-bond acceptors (Lipinski definition) is 13. The summed E-state index contributed by atoms with van der Waals surface area (Å²) in [6.07, 6.45) is 3.26. The van der Waals surface area contributed by atoms with Crippen molar-refractivity contribution in [2.75, 3.05) is 69.3 Å². The van der Waals surface area contributed by atoms with Crippen molar-refractivity contribution < 1.29 is 26.0 Å². The van der Waals surface area contributed by atoms with Crippen molar-refractivity contribution in [2.45, 2.75) is 29.1 Å². The second kappa shape index (κ2) is 19.8. The van der Waals surface area contributed by atoms with E-state index in [2.05, 4.69) is 81.0 Å².